The van der Waals surface area contributed by atoms with E-state index in [9.17, 15) is 0 Å². The van der Waals surface area contributed by atoms with Crippen LogP contribution < -0.4 is 5.32 Å². The van der Waals surface area contributed by atoms with Crippen molar-refractivity contribution in [1.29, 1.82) is 0 Å². The smallest absolute Gasteiger partial charge is 0.144 e. The van der Waals surface area contributed by atoms with Gasteiger partial charge in [-0.1, -0.05) is 27.7 Å². The van der Waals surface area contributed by atoms with Gasteiger partial charge in [0.2, 0.25) is 0 Å². The van der Waals surface area contributed by atoms with E-state index in [4.69, 9.17) is 4.98 Å². The fraction of sp³-hybridized carbons (Fsp3) is 0.533. The molecule has 5 heteroatoms. The molecule has 2 rings (SSSR count). The first-order valence-electron chi connectivity index (χ1n) is 7.04. The second kappa shape index (κ2) is 6.90. The Morgan fingerprint density at radius 3 is 2.60 bits per heavy atom. The molecule has 0 aliphatic carbocycles. The first-order valence-corrected chi connectivity index (χ1v) is 7.86. The topological polar surface area (TPSA) is 50.7 Å². The van der Waals surface area contributed by atoms with E-state index in [1.165, 1.54) is 10.6 Å². The summed E-state index contributed by atoms with van der Waals surface area (Å²) in [5.41, 5.74) is 2.03. The number of aromatic nitrogens is 3. The molecule has 0 amide bonds. The van der Waals surface area contributed by atoms with Crippen molar-refractivity contribution < 1.29 is 0 Å². The molecule has 0 spiro atoms. The second-order valence-electron chi connectivity index (χ2n) is 5.60. The van der Waals surface area contributed by atoms with Gasteiger partial charge in [-0.25, -0.2) is 4.98 Å². The molecule has 0 radical (unpaired) electrons. The molecule has 0 aliphatic rings. The minimum absolute atomic E-state index is 0.424. The minimum atomic E-state index is 0.424. The molecule has 0 fully saturated rings. The number of nitrogens with one attached hydrogen (secondary N) is 1. The zero-order chi connectivity index (χ0) is 14.5. The van der Waals surface area contributed by atoms with Crippen molar-refractivity contribution in [3.8, 4) is 10.7 Å². The molecule has 20 heavy (non-hydrogen) atoms. The van der Waals surface area contributed by atoms with Crippen LogP contribution in [-0.4, -0.2) is 21.5 Å². The van der Waals surface area contributed by atoms with E-state index in [-0.39, 0.29) is 0 Å². The van der Waals surface area contributed by atoms with E-state index in [0.29, 0.717) is 11.8 Å². The van der Waals surface area contributed by atoms with Crippen LogP contribution in [0.15, 0.2) is 18.6 Å². The lowest BCUT2D eigenvalue weighted by atomic mass is 10.1. The summed E-state index contributed by atoms with van der Waals surface area (Å²) in [6, 6.07) is 0. The predicted octanol–water partition coefficient (Wildman–Crippen LogP) is 3.47. The Kier molecular flexibility index (Phi) is 5.20. The van der Waals surface area contributed by atoms with E-state index < -0.39 is 0 Å². The summed E-state index contributed by atoms with van der Waals surface area (Å²) in [4.78, 5) is 14.5. The maximum absolute atomic E-state index is 4.75. The van der Waals surface area contributed by atoms with Crippen LogP contribution in [0.3, 0.4) is 0 Å². The van der Waals surface area contributed by atoms with Crippen LogP contribution in [-0.2, 0) is 6.54 Å². The third-order valence-electron chi connectivity index (χ3n) is 2.89. The summed E-state index contributed by atoms with van der Waals surface area (Å²) in [6.07, 6.45) is 5.17. The van der Waals surface area contributed by atoms with Crippen molar-refractivity contribution in [3.63, 3.8) is 0 Å². The maximum Gasteiger partial charge on any atom is 0.144 e. The van der Waals surface area contributed by atoms with E-state index in [1.807, 2.05) is 0 Å². The van der Waals surface area contributed by atoms with Crippen molar-refractivity contribution in [2.45, 2.75) is 40.2 Å². The average Bonchev–Trinajstić information content (AvgIpc) is 2.84. The molecule has 0 aliphatic heterocycles. The van der Waals surface area contributed by atoms with Gasteiger partial charge in [-0.05, 0) is 18.4 Å². The van der Waals surface area contributed by atoms with Gasteiger partial charge in [-0.15, -0.1) is 11.3 Å². The molecule has 4 nitrogen and oxygen atoms in total. The van der Waals surface area contributed by atoms with Crippen LogP contribution >= 0.6 is 11.3 Å². The van der Waals surface area contributed by atoms with E-state index >= 15 is 0 Å². The molecule has 0 aromatic carbocycles. The highest BCUT2D eigenvalue weighted by molar-refractivity contribution is 7.15. The van der Waals surface area contributed by atoms with Gasteiger partial charge in [-0.3, -0.25) is 9.97 Å². The van der Waals surface area contributed by atoms with Gasteiger partial charge in [0, 0.05) is 23.8 Å². The fourth-order valence-electron chi connectivity index (χ4n) is 1.93. The summed E-state index contributed by atoms with van der Waals surface area (Å²) in [5, 5.41) is 4.46. The molecule has 108 valence electrons. The Bertz CT molecular complexity index is 534. The van der Waals surface area contributed by atoms with Crippen LogP contribution in [0.25, 0.3) is 10.7 Å². The fourth-order valence-corrected chi connectivity index (χ4v) is 3.08. The van der Waals surface area contributed by atoms with Crippen LogP contribution in [0, 0.1) is 5.92 Å². The molecule has 0 saturated carbocycles. The Morgan fingerprint density at radius 1 is 1.20 bits per heavy atom. The number of hydrogen-bond donors (Lipinski definition) is 1. The lowest BCUT2D eigenvalue weighted by molar-refractivity contribution is 0.552. The lowest BCUT2D eigenvalue weighted by Gasteiger charge is -2.08. The molecule has 0 saturated heterocycles. The number of hydrogen-bond acceptors (Lipinski definition) is 5. The summed E-state index contributed by atoms with van der Waals surface area (Å²) in [6.45, 7) is 10.7. The highest BCUT2D eigenvalue weighted by Gasteiger charge is 2.15. The Balaban J connectivity index is 2.20. The van der Waals surface area contributed by atoms with E-state index in [0.717, 1.165) is 23.8 Å². The quantitative estimate of drug-likeness (QED) is 0.885. The van der Waals surface area contributed by atoms with Crippen molar-refractivity contribution in [3.05, 3.63) is 29.2 Å². The first-order chi connectivity index (χ1) is 9.58. The minimum Gasteiger partial charge on any atom is -0.312 e. The zero-order valence-electron chi connectivity index (χ0n) is 12.6. The Morgan fingerprint density at radius 2 is 2.00 bits per heavy atom. The van der Waals surface area contributed by atoms with Gasteiger partial charge in [-0.2, -0.15) is 0 Å². The van der Waals surface area contributed by atoms with Crippen molar-refractivity contribution >= 4 is 11.3 Å². The third kappa shape index (κ3) is 3.84. The van der Waals surface area contributed by atoms with Crippen LogP contribution in [0.4, 0.5) is 0 Å². The van der Waals surface area contributed by atoms with Gasteiger partial charge in [0.1, 0.15) is 10.7 Å². The Labute approximate surface area is 124 Å². The maximum atomic E-state index is 4.75. The molecule has 2 aromatic heterocycles. The summed E-state index contributed by atoms with van der Waals surface area (Å²) < 4.78 is 0. The molecular weight excluding hydrogens is 268 g/mol. The van der Waals surface area contributed by atoms with Crippen LogP contribution in [0.2, 0.25) is 0 Å². The number of thiazole rings is 1. The monoisotopic (exact) mass is 290 g/mol. The standard InChI is InChI=1S/C15H22N4S/c1-10(2)7-17-9-13-14(11(3)4)19-15(20-13)12-8-16-5-6-18-12/h5-6,8,10-11,17H,7,9H2,1-4H3. The van der Waals surface area contributed by atoms with Gasteiger partial charge in [0.25, 0.3) is 0 Å². The predicted molar refractivity (Wildman–Crippen MR) is 83.8 cm³/mol. The molecule has 1 N–H and O–H groups in total. The number of nitrogens with zero attached hydrogens (tertiary/aromatic N) is 3. The van der Waals surface area contributed by atoms with Gasteiger partial charge >= 0.3 is 0 Å². The van der Waals surface area contributed by atoms with Gasteiger partial charge in [0.15, 0.2) is 0 Å². The molecule has 2 aromatic rings. The zero-order valence-corrected chi connectivity index (χ0v) is 13.4. The van der Waals surface area contributed by atoms with Crippen LogP contribution in [0.1, 0.15) is 44.2 Å². The third-order valence-corrected chi connectivity index (χ3v) is 3.99. The van der Waals surface area contributed by atoms with E-state index in [1.54, 1.807) is 29.9 Å². The average molecular weight is 290 g/mol. The largest absolute Gasteiger partial charge is 0.312 e. The molecular formula is C15H22N4S. The highest BCUT2D eigenvalue weighted by Crippen LogP contribution is 2.30. The Hall–Kier alpha value is -1.33. The SMILES string of the molecule is CC(C)CNCc1sc(-c2cnccn2)nc1C(C)C. The second-order valence-corrected chi connectivity index (χ2v) is 6.68. The molecule has 0 atom stereocenters. The molecule has 0 unspecified atom stereocenters. The first kappa shape index (κ1) is 15.1. The van der Waals surface area contributed by atoms with Gasteiger partial charge in [0.05, 0.1) is 11.9 Å². The highest BCUT2D eigenvalue weighted by atomic mass is 32.1. The molecule has 2 heterocycles. The number of rotatable bonds is 6. The normalized spacial score (nSPS) is 11.5. The summed E-state index contributed by atoms with van der Waals surface area (Å²) in [7, 11) is 0. The van der Waals surface area contributed by atoms with Gasteiger partial charge < -0.3 is 5.32 Å². The van der Waals surface area contributed by atoms with Crippen molar-refractivity contribution in [2.24, 2.45) is 5.92 Å². The summed E-state index contributed by atoms with van der Waals surface area (Å²) in [5.74, 6) is 1.08. The van der Waals surface area contributed by atoms with Crippen LogP contribution in [0.5, 0.6) is 0 Å². The molecule has 0 bridgehead atoms. The van der Waals surface area contributed by atoms with E-state index in [2.05, 4.69) is 43.0 Å². The van der Waals surface area contributed by atoms with Crippen molar-refractivity contribution in [2.75, 3.05) is 6.54 Å². The summed E-state index contributed by atoms with van der Waals surface area (Å²) >= 11 is 1.72. The lowest BCUT2D eigenvalue weighted by Crippen LogP contribution is -2.19. The van der Waals surface area contributed by atoms with Crippen molar-refractivity contribution in [1.82, 2.24) is 20.3 Å².